The Morgan fingerprint density at radius 1 is 0.968 bits per heavy atom. The van der Waals surface area contributed by atoms with Gasteiger partial charge in [0.1, 0.15) is 12.4 Å². The molecule has 3 aromatic carbocycles. The molecule has 0 heterocycles. The smallest absolute Gasteiger partial charge is 0.329 e. The molecule has 0 radical (unpaired) electrons. The quantitative estimate of drug-likeness (QED) is 0.312. The van der Waals surface area contributed by atoms with Crippen LogP contribution < -0.4 is 15.5 Å². The van der Waals surface area contributed by atoms with E-state index in [-0.39, 0.29) is 0 Å². The van der Waals surface area contributed by atoms with Gasteiger partial charge >= 0.3 is 11.8 Å². The van der Waals surface area contributed by atoms with Crippen LogP contribution in [0.5, 0.6) is 5.75 Å². The summed E-state index contributed by atoms with van der Waals surface area (Å²) in [5, 5.41) is 7.30. The van der Waals surface area contributed by atoms with Crippen LogP contribution in [0.2, 0.25) is 10.0 Å². The summed E-state index contributed by atoms with van der Waals surface area (Å²) >= 11 is 11.9. The number of hydrazone groups is 1. The van der Waals surface area contributed by atoms with Gasteiger partial charge in [-0.05, 0) is 60.0 Å². The van der Waals surface area contributed by atoms with Gasteiger partial charge in [-0.3, -0.25) is 9.59 Å². The predicted octanol–water partition coefficient (Wildman–Crippen LogP) is 4.97. The van der Waals surface area contributed by atoms with Crippen molar-refractivity contribution in [3.8, 4) is 5.75 Å². The summed E-state index contributed by atoms with van der Waals surface area (Å²) in [7, 11) is 0. The van der Waals surface area contributed by atoms with Gasteiger partial charge in [0, 0.05) is 5.69 Å². The Morgan fingerprint density at radius 3 is 2.55 bits per heavy atom. The van der Waals surface area contributed by atoms with Gasteiger partial charge in [-0.2, -0.15) is 5.10 Å². The molecule has 0 aromatic heterocycles. The van der Waals surface area contributed by atoms with Crippen molar-refractivity contribution in [3.05, 3.63) is 93.5 Å². The molecule has 0 fully saturated rings. The van der Waals surface area contributed by atoms with Crippen LogP contribution in [0.4, 0.5) is 5.69 Å². The lowest BCUT2D eigenvalue weighted by Crippen LogP contribution is -2.32. The summed E-state index contributed by atoms with van der Waals surface area (Å²) in [6.45, 7) is 2.20. The molecule has 2 N–H and O–H groups in total. The molecule has 3 rings (SSSR count). The minimum Gasteiger partial charge on any atom is -0.489 e. The van der Waals surface area contributed by atoms with Gasteiger partial charge in [-0.25, -0.2) is 5.43 Å². The second-order valence-corrected chi connectivity index (χ2v) is 7.45. The fourth-order valence-electron chi connectivity index (χ4n) is 2.61. The van der Waals surface area contributed by atoms with Crippen LogP contribution in [-0.4, -0.2) is 18.0 Å². The molecular weight excluding hydrogens is 437 g/mol. The Balaban J connectivity index is 1.53. The molecule has 0 bridgehead atoms. The molecule has 3 aromatic rings. The minimum atomic E-state index is -0.871. The highest BCUT2D eigenvalue weighted by Crippen LogP contribution is 2.23. The van der Waals surface area contributed by atoms with Crippen molar-refractivity contribution in [2.45, 2.75) is 13.5 Å². The maximum Gasteiger partial charge on any atom is 0.329 e. The monoisotopic (exact) mass is 455 g/mol. The average Bonchev–Trinajstić information content (AvgIpc) is 2.75. The normalized spacial score (nSPS) is 10.7. The maximum atomic E-state index is 12.0. The van der Waals surface area contributed by atoms with Crippen LogP contribution in [0.1, 0.15) is 16.7 Å². The molecular formula is C23H19Cl2N3O3. The van der Waals surface area contributed by atoms with E-state index in [1.54, 1.807) is 54.6 Å². The molecule has 0 aliphatic rings. The van der Waals surface area contributed by atoms with Crippen LogP contribution >= 0.6 is 23.2 Å². The van der Waals surface area contributed by atoms with Crippen LogP contribution in [0, 0.1) is 6.92 Å². The first-order valence-electron chi connectivity index (χ1n) is 9.28. The van der Waals surface area contributed by atoms with Crippen LogP contribution in [-0.2, 0) is 16.2 Å². The molecule has 158 valence electrons. The molecule has 2 amide bonds. The van der Waals surface area contributed by atoms with Crippen molar-refractivity contribution in [1.29, 1.82) is 0 Å². The lowest BCUT2D eigenvalue weighted by Gasteiger charge is -2.08. The van der Waals surface area contributed by atoms with E-state index in [1.165, 1.54) is 6.21 Å². The summed E-state index contributed by atoms with van der Waals surface area (Å²) in [6.07, 6.45) is 1.42. The van der Waals surface area contributed by atoms with Gasteiger partial charge in [0.15, 0.2) is 0 Å². The lowest BCUT2D eigenvalue weighted by atomic mass is 10.2. The van der Waals surface area contributed by atoms with E-state index in [0.717, 1.165) is 11.1 Å². The standard InChI is InChI=1S/C23H19Cl2N3O3/c1-15-4-2-6-18(10-15)27-22(29)23(30)28-26-13-16-5-3-7-19(11-16)31-14-17-8-9-20(24)21(25)12-17/h2-13H,14H2,1H3,(H,27,29)(H,28,30)/b26-13-. The zero-order chi connectivity index (χ0) is 22.2. The molecule has 0 saturated carbocycles. The second-order valence-electron chi connectivity index (χ2n) is 6.63. The van der Waals surface area contributed by atoms with E-state index < -0.39 is 11.8 Å². The number of anilines is 1. The van der Waals surface area contributed by atoms with Crippen molar-refractivity contribution in [2.75, 3.05) is 5.32 Å². The highest BCUT2D eigenvalue weighted by atomic mass is 35.5. The Bertz CT molecular complexity index is 1130. The van der Waals surface area contributed by atoms with Crippen molar-refractivity contribution >= 4 is 46.9 Å². The van der Waals surface area contributed by atoms with Crippen LogP contribution in [0.15, 0.2) is 71.8 Å². The fraction of sp³-hybridized carbons (Fsp3) is 0.0870. The number of ether oxygens (including phenoxy) is 1. The van der Waals surface area contributed by atoms with Gasteiger partial charge < -0.3 is 10.1 Å². The highest BCUT2D eigenvalue weighted by Gasteiger charge is 2.12. The zero-order valence-corrected chi connectivity index (χ0v) is 18.1. The highest BCUT2D eigenvalue weighted by molar-refractivity contribution is 6.42. The number of carbonyl (C=O) groups excluding carboxylic acids is 2. The number of nitrogens with zero attached hydrogens (tertiary/aromatic N) is 1. The number of hydrogen-bond acceptors (Lipinski definition) is 4. The third-order valence-corrected chi connectivity index (χ3v) is 4.85. The second kappa shape index (κ2) is 10.6. The molecule has 6 nitrogen and oxygen atoms in total. The molecule has 8 heteroatoms. The third-order valence-electron chi connectivity index (χ3n) is 4.11. The van der Waals surface area contributed by atoms with E-state index in [0.29, 0.717) is 33.7 Å². The van der Waals surface area contributed by atoms with Crippen molar-refractivity contribution in [2.24, 2.45) is 5.10 Å². The first-order chi connectivity index (χ1) is 14.9. The van der Waals surface area contributed by atoms with E-state index in [2.05, 4.69) is 15.8 Å². The van der Waals surface area contributed by atoms with Crippen molar-refractivity contribution in [3.63, 3.8) is 0 Å². The largest absolute Gasteiger partial charge is 0.489 e. The molecule has 0 atom stereocenters. The molecule has 31 heavy (non-hydrogen) atoms. The summed E-state index contributed by atoms with van der Waals surface area (Å²) in [5.41, 5.74) is 5.27. The van der Waals surface area contributed by atoms with E-state index in [9.17, 15) is 9.59 Å². The number of carbonyl (C=O) groups is 2. The molecule has 0 aliphatic carbocycles. The summed E-state index contributed by atoms with van der Waals surface area (Å²) < 4.78 is 5.75. The number of halogens is 2. The van der Waals surface area contributed by atoms with E-state index >= 15 is 0 Å². The van der Waals surface area contributed by atoms with E-state index in [1.807, 2.05) is 19.1 Å². The maximum absolute atomic E-state index is 12.0. The van der Waals surface area contributed by atoms with Crippen molar-refractivity contribution in [1.82, 2.24) is 5.43 Å². The van der Waals surface area contributed by atoms with Crippen molar-refractivity contribution < 1.29 is 14.3 Å². The predicted molar refractivity (Wildman–Crippen MR) is 123 cm³/mol. The lowest BCUT2D eigenvalue weighted by molar-refractivity contribution is -0.136. The van der Waals surface area contributed by atoms with E-state index in [4.69, 9.17) is 27.9 Å². The number of benzene rings is 3. The average molecular weight is 456 g/mol. The van der Waals surface area contributed by atoms with Gasteiger partial charge in [-0.1, -0.05) is 53.5 Å². The van der Waals surface area contributed by atoms with Gasteiger partial charge in [0.2, 0.25) is 0 Å². The summed E-state index contributed by atoms with van der Waals surface area (Å²) in [4.78, 5) is 23.9. The topological polar surface area (TPSA) is 79.8 Å². The molecule has 0 aliphatic heterocycles. The van der Waals surface area contributed by atoms with Crippen LogP contribution in [0.25, 0.3) is 0 Å². The number of hydrogen-bond donors (Lipinski definition) is 2. The van der Waals surface area contributed by atoms with Gasteiger partial charge in [-0.15, -0.1) is 0 Å². The molecule has 0 saturated heterocycles. The Kier molecular flexibility index (Phi) is 7.65. The summed E-state index contributed by atoms with van der Waals surface area (Å²) in [5.74, 6) is -1.07. The Hall–Kier alpha value is -3.35. The van der Waals surface area contributed by atoms with Gasteiger partial charge in [0.05, 0.1) is 16.3 Å². The number of amides is 2. The third kappa shape index (κ3) is 6.84. The zero-order valence-electron chi connectivity index (χ0n) is 16.6. The number of nitrogens with one attached hydrogen (secondary N) is 2. The fourth-order valence-corrected chi connectivity index (χ4v) is 2.93. The number of rotatable bonds is 6. The molecule has 0 spiro atoms. The SMILES string of the molecule is Cc1cccc(NC(=O)C(=O)N/N=C\c2cccc(OCc3ccc(Cl)c(Cl)c3)c2)c1. The Labute approximate surface area is 189 Å². The van der Waals surface area contributed by atoms with Crippen LogP contribution in [0.3, 0.4) is 0 Å². The first kappa shape index (κ1) is 22.3. The summed E-state index contributed by atoms with van der Waals surface area (Å²) in [6, 6.07) is 19.5. The number of aryl methyl sites for hydroxylation is 1. The molecule has 0 unspecified atom stereocenters. The first-order valence-corrected chi connectivity index (χ1v) is 10.0. The minimum absolute atomic E-state index is 0.313. The Morgan fingerprint density at radius 2 is 1.77 bits per heavy atom. The van der Waals surface area contributed by atoms with Gasteiger partial charge in [0.25, 0.3) is 0 Å².